The van der Waals surface area contributed by atoms with Crippen molar-refractivity contribution in [3.8, 4) is 0 Å². The molecular formula is C16H21N5O2. The third kappa shape index (κ3) is 2.22. The largest absolute Gasteiger partial charge is 0.450 e. The Kier molecular flexibility index (Phi) is 3.18. The number of H-pyrrole nitrogens is 1. The average Bonchev–Trinajstić information content (AvgIpc) is 2.92. The zero-order valence-corrected chi connectivity index (χ0v) is 13.5. The Morgan fingerprint density at radius 1 is 1.48 bits per heavy atom. The third-order valence-electron chi connectivity index (χ3n) is 5.13. The molecular weight excluding hydrogens is 294 g/mol. The Morgan fingerprint density at radius 3 is 3.00 bits per heavy atom. The van der Waals surface area contributed by atoms with E-state index in [2.05, 4.69) is 26.9 Å². The molecule has 2 aromatic heterocycles. The summed E-state index contributed by atoms with van der Waals surface area (Å²) in [6, 6.07) is 2.48. The second kappa shape index (κ2) is 5.11. The van der Waals surface area contributed by atoms with Gasteiger partial charge in [-0.05, 0) is 25.8 Å². The summed E-state index contributed by atoms with van der Waals surface area (Å²) in [6.45, 7) is 3.92. The number of rotatable bonds is 3. The van der Waals surface area contributed by atoms with E-state index in [9.17, 15) is 4.79 Å². The minimum absolute atomic E-state index is 0.181. The van der Waals surface area contributed by atoms with Crippen molar-refractivity contribution in [3.05, 3.63) is 18.6 Å². The highest BCUT2D eigenvalue weighted by Crippen LogP contribution is 2.50. The summed E-state index contributed by atoms with van der Waals surface area (Å²) in [5.74, 6) is 0.970. The van der Waals surface area contributed by atoms with E-state index in [1.54, 1.807) is 11.2 Å². The van der Waals surface area contributed by atoms with Gasteiger partial charge < -0.3 is 19.5 Å². The fourth-order valence-electron chi connectivity index (χ4n) is 3.89. The highest BCUT2D eigenvalue weighted by molar-refractivity contribution is 5.87. The number of nitrogens with one attached hydrogen (secondary N) is 1. The zero-order valence-electron chi connectivity index (χ0n) is 13.5. The van der Waals surface area contributed by atoms with E-state index in [-0.39, 0.29) is 11.5 Å². The van der Waals surface area contributed by atoms with Gasteiger partial charge in [-0.25, -0.2) is 14.8 Å². The van der Waals surface area contributed by atoms with Crippen LogP contribution >= 0.6 is 0 Å². The first-order chi connectivity index (χ1) is 11.1. The van der Waals surface area contributed by atoms with Crippen molar-refractivity contribution in [1.82, 2.24) is 19.9 Å². The molecule has 1 spiro atoms. The molecule has 0 aromatic carbocycles. The first-order valence-corrected chi connectivity index (χ1v) is 8.04. The summed E-state index contributed by atoms with van der Waals surface area (Å²) in [6.07, 6.45) is 5.50. The SMILES string of the molecule is CCOC(=O)N1CC2(CC(N(C)c3ncnc4[nH]ccc34)C2)C1. The molecule has 1 saturated heterocycles. The number of ether oxygens (including phenoxy) is 1. The minimum Gasteiger partial charge on any atom is -0.450 e. The molecule has 1 aliphatic heterocycles. The Bertz CT molecular complexity index is 729. The van der Waals surface area contributed by atoms with Gasteiger partial charge in [0.1, 0.15) is 17.8 Å². The maximum absolute atomic E-state index is 11.7. The number of carbonyl (C=O) groups is 1. The Balaban J connectivity index is 1.39. The van der Waals surface area contributed by atoms with Crippen molar-refractivity contribution in [2.45, 2.75) is 25.8 Å². The molecule has 1 amide bonds. The molecule has 0 atom stereocenters. The van der Waals surface area contributed by atoms with Crippen LogP contribution < -0.4 is 4.90 Å². The number of carbonyl (C=O) groups excluding carboxylic acids is 1. The average molecular weight is 315 g/mol. The van der Waals surface area contributed by atoms with Crippen molar-refractivity contribution in [1.29, 1.82) is 0 Å². The Labute approximate surface area is 134 Å². The monoisotopic (exact) mass is 315 g/mol. The smallest absolute Gasteiger partial charge is 0.409 e. The normalized spacial score (nSPS) is 19.5. The zero-order chi connectivity index (χ0) is 16.0. The fourth-order valence-corrected chi connectivity index (χ4v) is 3.89. The molecule has 7 heteroatoms. The maximum atomic E-state index is 11.7. The topological polar surface area (TPSA) is 74.3 Å². The van der Waals surface area contributed by atoms with Gasteiger partial charge in [-0.3, -0.25) is 0 Å². The number of aromatic nitrogens is 3. The van der Waals surface area contributed by atoms with Crippen LogP contribution in [0.3, 0.4) is 0 Å². The number of amides is 1. The van der Waals surface area contributed by atoms with E-state index in [1.165, 1.54) is 0 Å². The quantitative estimate of drug-likeness (QED) is 0.938. The molecule has 2 aromatic rings. The lowest BCUT2D eigenvalue weighted by atomic mass is 9.60. The Morgan fingerprint density at radius 2 is 2.26 bits per heavy atom. The van der Waals surface area contributed by atoms with Crippen LogP contribution in [0.4, 0.5) is 10.6 Å². The number of aromatic amines is 1. The van der Waals surface area contributed by atoms with Crippen LogP contribution in [0, 0.1) is 5.41 Å². The maximum Gasteiger partial charge on any atom is 0.409 e. The lowest BCUT2D eigenvalue weighted by Gasteiger charge is -2.60. The highest BCUT2D eigenvalue weighted by atomic mass is 16.6. The van der Waals surface area contributed by atoms with Crippen LogP contribution in [0.25, 0.3) is 11.0 Å². The summed E-state index contributed by atoms with van der Waals surface area (Å²) in [5, 5.41) is 1.05. The number of fused-ring (bicyclic) bond motifs is 1. The van der Waals surface area contributed by atoms with Crippen molar-refractivity contribution in [3.63, 3.8) is 0 Å². The van der Waals surface area contributed by atoms with E-state index < -0.39 is 0 Å². The van der Waals surface area contributed by atoms with Crippen molar-refractivity contribution < 1.29 is 9.53 Å². The van der Waals surface area contributed by atoms with Crippen molar-refractivity contribution >= 4 is 22.9 Å². The summed E-state index contributed by atoms with van der Waals surface area (Å²) >= 11 is 0. The highest BCUT2D eigenvalue weighted by Gasteiger charge is 2.55. The predicted molar refractivity (Wildman–Crippen MR) is 86.3 cm³/mol. The molecule has 2 aliphatic rings. The lowest BCUT2D eigenvalue weighted by Crippen LogP contribution is -2.67. The third-order valence-corrected chi connectivity index (χ3v) is 5.13. The van der Waals surface area contributed by atoms with E-state index in [4.69, 9.17) is 4.74 Å². The van der Waals surface area contributed by atoms with Crippen LogP contribution in [-0.2, 0) is 4.74 Å². The van der Waals surface area contributed by atoms with Crippen LogP contribution in [-0.4, -0.2) is 58.7 Å². The lowest BCUT2D eigenvalue weighted by molar-refractivity contribution is -0.0627. The van der Waals surface area contributed by atoms with Gasteiger partial charge in [0.05, 0.1) is 12.0 Å². The number of hydrogen-bond acceptors (Lipinski definition) is 5. The standard InChI is InChI=1S/C16H21N5O2/c1-3-23-15(22)21-8-16(9-21)6-11(7-16)20(2)14-12-4-5-17-13(12)18-10-19-14/h4-5,10-11H,3,6-9H2,1-2H3,(H,17,18,19). The molecule has 7 nitrogen and oxygen atoms in total. The molecule has 0 bridgehead atoms. The van der Waals surface area contributed by atoms with Gasteiger partial charge in [0.2, 0.25) is 0 Å². The van der Waals surface area contributed by atoms with E-state index >= 15 is 0 Å². The van der Waals surface area contributed by atoms with Gasteiger partial charge in [0.15, 0.2) is 0 Å². The van der Waals surface area contributed by atoms with Crippen LogP contribution in [0.2, 0.25) is 0 Å². The molecule has 2 fully saturated rings. The number of nitrogens with zero attached hydrogens (tertiary/aromatic N) is 4. The second-order valence-corrected chi connectivity index (χ2v) is 6.67. The summed E-state index contributed by atoms with van der Waals surface area (Å²) < 4.78 is 5.05. The number of anilines is 1. The van der Waals surface area contributed by atoms with E-state index in [0.29, 0.717) is 12.6 Å². The first-order valence-electron chi connectivity index (χ1n) is 8.04. The van der Waals surface area contributed by atoms with Crippen LogP contribution in [0.1, 0.15) is 19.8 Å². The van der Waals surface area contributed by atoms with Gasteiger partial charge in [-0.15, -0.1) is 0 Å². The van der Waals surface area contributed by atoms with Crippen LogP contribution in [0.5, 0.6) is 0 Å². The van der Waals surface area contributed by atoms with E-state index in [0.717, 1.165) is 42.8 Å². The van der Waals surface area contributed by atoms with E-state index in [1.807, 2.05) is 19.2 Å². The minimum atomic E-state index is -0.181. The van der Waals surface area contributed by atoms with Gasteiger partial charge in [-0.1, -0.05) is 0 Å². The Hall–Kier alpha value is -2.31. The fraction of sp³-hybridized carbons (Fsp3) is 0.562. The molecule has 122 valence electrons. The molecule has 1 N–H and O–H groups in total. The molecule has 1 saturated carbocycles. The van der Waals surface area contributed by atoms with Crippen molar-refractivity contribution in [2.75, 3.05) is 31.6 Å². The predicted octanol–water partition coefficient (Wildman–Crippen LogP) is 2.01. The molecule has 0 unspecified atom stereocenters. The molecule has 23 heavy (non-hydrogen) atoms. The number of likely N-dealkylation sites (tertiary alicyclic amines) is 1. The number of hydrogen-bond donors (Lipinski definition) is 1. The summed E-state index contributed by atoms with van der Waals surface area (Å²) in [7, 11) is 2.09. The first kappa shape index (κ1) is 14.3. The summed E-state index contributed by atoms with van der Waals surface area (Å²) in [4.78, 5) is 27.5. The van der Waals surface area contributed by atoms with Gasteiger partial charge in [0, 0.05) is 37.8 Å². The van der Waals surface area contributed by atoms with Gasteiger partial charge >= 0.3 is 6.09 Å². The molecule has 3 heterocycles. The molecule has 1 aliphatic carbocycles. The van der Waals surface area contributed by atoms with Crippen molar-refractivity contribution in [2.24, 2.45) is 5.41 Å². The second-order valence-electron chi connectivity index (χ2n) is 6.67. The molecule has 0 radical (unpaired) electrons. The van der Waals surface area contributed by atoms with Gasteiger partial charge in [0.25, 0.3) is 0 Å². The van der Waals surface area contributed by atoms with Crippen LogP contribution in [0.15, 0.2) is 18.6 Å². The van der Waals surface area contributed by atoms with Gasteiger partial charge in [-0.2, -0.15) is 0 Å². The summed E-state index contributed by atoms with van der Waals surface area (Å²) in [5.41, 5.74) is 1.16. The molecule has 4 rings (SSSR count).